The Kier molecular flexibility index (Phi) is 3.01. The molecule has 0 spiro atoms. The zero-order valence-electron chi connectivity index (χ0n) is 12.1. The minimum absolute atomic E-state index is 0.280. The van der Waals surface area contributed by atoms with E-state index in [1.54, 1.807) is 27.7 Å². The van der Waals surface area contributed by atoms with E-state index in [2.05, 4.69) is 10.2 Å². The van der Waals surface area contributed by atoms with Gasteiger partial charge in [0.25, 0.3) is 0 Å². The molecular weight excluding hydrogens is 269 g/mol. The first-order chi connectivity index (χ1) is 9.97. The number of anilines is 1. The highest BCUT2D eigenvalue weighted by atomic mass is 19.1. The van der Waals surface area contributed by atoms with Crippen molar-refractivity contribution in [1.82, 2.24) is 19.6 Å². The minimum atomic E-state index is -0.280. The fraction of sp³-hybridized carbons (Fsp3) is 0.200. The molecule has 6 heteroatoms. The van der Waals surface area contributed by atoms with Gasteiger partial charge in [-0.15, -0.1) is 0 Å². The molecule has 0 atom stereocenters. The maximum Gasteiger partial charge on any atom is 0.123 e. The van der Waals surface area contributed by atoms with Gasteiger partial charge < -0.3 is 5.73 Å². The summed E-state index contributed by atoms with van der Waals surface area (Å²) in [4.78, 5) is 0. The van der Waals surface area contributed by atoms with Crippen molar-refractivity contribution in [2.24, 2.45) is 7.05 Å². The predicted octanol–water partition coefficient (Wildman–Crippen LogP) is 2.61. The Labute approximate surface area is 121 Å². The lowest BCUT2D eigenvalue weighted by molar-refractivity contribution is 0.627. The number of aryl methyl sites for hydroxylation is 2. The maximum absolute atomic E-state index is 13.0. The fourth-order valence-electron chi connectivity index (χ4n) is 2.42. The van der Waals surface area contributed by atoms with E-state index in [4.69, 9.17) is 5.73 Å². The van der Waals surface area contributed by atoms with Gasteiger partial charge in [-0.3, -0.25) is 4.68 Å². The lowest BCUT2D eigenvalue weighted by atomic mass is 10.1. The van der Waals surface area contributed by atoms with Crippen molar-refractivity contribution < 1.29 is 4.39 Å². The molecule has 2 aromatic heterocycles. The van der Waals surface area contributed by atoms with E-state index < -0.39 is 0 Å². The van der Waals surface area contributed by atoms with E-state index in [1.165, 1.54) is 12.1 Å². The number of nitrogens with two attached hydrogens (primary N) is 1. The first-order valence-corrected chi connectivity index (χ1v) is 6.59. The summed E-state index contributed by atoms with van der Waals surface area (Å²) < 4.78 is 16.5. The number of nitrogens with zero attached hydrogens (tertiary/aromatic N) is 4. The molecule has 21 heavy (non-hydrogen) atoms. The van der Waals surface area contributed by atoms with Crippen LogP contribution in [0.1, 0.15) is 11.4 Å². The highest BCUT2D eigenvalue weighted by Crippen LogP contribution is 2.30. The molecule has 2 N–H and O–H groups in total. The highest BCUT2D eigenvalue weighted by Gasteiger charge is 2.18. The normalized spacial score (nSPS) is 11.0. The molecule has 3 rings (SSSR count). The standard InChI is InChI=1S/C15H16FN5/c1-9-14(10(2)20(3)18-9)15-13(17)8-21(19-15)12-6-4-11(16)5-7-12/h4-8H,17H2,1-3H3. The van der Waals surface area contributed by atoms with Gasteiger partial charge in [0, 0.05) is 18.3 Å². The summed E-state index contributed by atoms with van der Waals surface area (Å²) in [6, 6.07) is 6.12. The third-order valence-electron chi connectivity index (χ3n) is 3.58. The van der Waals surface area contributed by atoms with E-state index in [1.807, 2.05) is 20.9 Å². The van der Waals surface area contributed by atoms with Crippen LogP contribution in [0.25, 0.3) is 16.9 Å². The summed E-state index contributed by atoms with van der Waals surface area (Å²) in [6.07, 6.45) is 1.73. The van der Waals surface area contributed by atoms with Crippen LogP contribution < -0.4 is 5.73 Å². The van der Waals surface area contributed by atoms with Crippen molar-refractivity contribution >= 4 is 5.69 Å². The quantitative estimate of drug-likeness (QED) is 0.787. The van der Waals surface area contributed by atoms with E-state index in [9.17, 15) is 4.39 Å². The number of hydrogen-bond acceptors (Lipinski definition) is 3. The molecule has 0 aliphatic carbocycles. The molecule has 0 radical (unpaired) electrons. The first kappa shape index (κ1) is 13.4. The first-order valence-electron chi connectivity index (χ1n) is 6.59. The number of hydrogen-bond donors (Lipinski definition) is 1. The van der Waals surface area contributed by atoms with Crippen molar-refractivity contribution in [1.29, 1.82) is 0 Å². The fourth-order valence-corrected chi connectivity index (χ4v) is 2.42. The third-order valence-corrected chi connectivity index (χ3v) is 3.58. The van der Waals surface area contributed by atoms with Crippen molar-refractivity contribution in [2.45, 2.75) is 13.8 Å². The van der Waals surface area contributed by atoms with Crippen LogP contribution in [0.5, 0.6) is 0 Å². The molecule has 2 heterocycles. The number of benzene rings is 1. The molecule has 5 nitrogen and oxygen atoms in total. The molecule has 0 aliphatic heterocycles. The van der Waals surface area contributed by atoms with Gasteiger partial charge in [-0.05, 0) is 38.1 Å². The Hall–Kier alpha value is -2.63. The van der Waals surface area contributed by atoms with Crippen molar-refractivity contribution in [3.8, 4) is 16.9 Å². The molecule has 1 aromatic carbocycles. The lowest BCUT2D eigenvalue weighted by Crippen LogP contribution is -1.96. The Morgan fingerprint density at radius 2 is 1.76 bits per heavy atom. The summed E-state index contributed by atoms with van der Waals surface area (Å²) in [5.41, 5.74) is 10.9. The molecule has 3 aromatic rings. The molecule has 0 bridgehead atoms. The summed E-state index contributed by atoms with van der Waals surface area (Å²) in [7, 11) is 1.89. The third kappa shape index (κ3) is 2.18. The lowest BCUT2D eigenvalue weighted by Gasteiger charge is -2.01. The second-order valence-corrected chi connectivity index (χ2v) is 5.02. The van der Waals surface area contributed by atoms with Crippen LogP contribution in [0.2, 0.25) is 0 Å². The Morgan fingerprint density at radius 3 is 2.33 bits per heavy atom. The number of halogens is 1. The van der Waals surface area contributed by atoms with E-state index in [0.717, 1.165) is 22.6 Å². The van der Waals surface area contributed by atoms with Crippen LogP contribution >= 0.6 is 0 Å². The second-order valence-electron chi connectivity index (χ2n) is 5.02. The zero-order chi connectivity index (χ0) is 15.1. The minimum Gasteiger partial charge on any atom is -0.396 e. The molecule has 0 saturated carbocycles. The summed E-state index contributed by atoms with van der Waals surface area (Å²) >= 11 is 0. The van der Waals surface area contributed by atoms with E-state index in [0.29, 0.717) is 11.4 Å². The van der Waals surface area contributed by atoms with E-state index in [-0.39, 0.29) is 5.82 Å². The van der Waals surface area contributed by atoms with Gasteiger partial charge >= 0.3 is 0 Å². The van der Waals surface area contributed by atoms with Crippen molar-refractivity contribution in [3.05, 3.63) is 47.7 Å². The van der Waals surface area contributed by atoms with Crippen molar-refractivity contribution in [3.63, 3.8) is 0 Å². The van der Waals surface area contributed by atoms with E-state index >= 15 is 0 Å². The molecule has 0 amide bonds. The van der Waals surface area contributed by atoms with Crippen LogP contribution in [0.15, 0.2) is 30.5 Å². The van der Waals surface area contributed by atoms with Gasteiger partial charge in [0.2, 0.25) is 0 Å². The Balaban J connectivity index is 2.12. The topological polar surface area (TPSA) is 61.7 Å². The number of nitrogen functional groups attached to an aromatic ring is 1. The average Bonchev–Trinajstić information content (AvgIpc) is 2.92. The molecule has 0 aliphatic rings. The predicted molar refractivity (Wildman–Crippen MR) is 79.6 cm³/mol. The molecule has 0 unspecified atom stereocenters. The number of rotatable bonds is 2. The van der Waals surface area contributed by atoms with Gasteiger partial charge in [-0.2, -0.15) is 10.2 Å². The maximum atomic E-state index is 13.0. The van der Waals surface area contributed by atoms with Gasteiger partial charge in [-0.25, -0.2) is 9.07 Å². The molecule has 0 saturated heterocycles. The van der Waals surface area contributed by atoms with Crippen LogP contribution in [0.4, 0.5) is 10.1 Å². The second kappa shape index (κ2) is 4.73. The zero-order valence-corrected chi connectivity index (χ0v) is 12.1. The monoisotopic (exact) mass is 285 g/mol. The van der Waals surface area contributed by atoms with Crippen LogP contribution in [0, 0.1) is 19.7 Å². The smallest absolute Gasteiger partial charge is 0.123 e. The molecule has 108 valence electrons. The van der Waals surface area contributed by atoms with Gasteiger partial charge in [0.15, 0.2) is 0 Å². The van der Waals surface area contributed by atoms with Gasteiger partial charge in [0.1, 0.15) is 11.5 Å². The Morgan fingerprint density at radius 1 is 1.10 bits per heavy atom. The number of aromatic nitrogens is 4. The van der Waals surface area contributed by atoms with Gasteiger partial charge in [0.05, 0.1) is 23.3 Å². The Bertz CT molecular complexity index is 798. The largest absolute Gasteiger partial charge is 0.396 e. The van der Waals surface area contributed by atoms with Gasteiger partial charge in [-0.1, -0.05) is 0 Å². The summed E-state index contributed by atoms with van der Waals surface area (Å²) in [6.45, 7) is 3.91. The highest BCUT2D eigenvalue weighted by molar-refractivity contribution is 5.75. The van der Waals surface area contributed by atoms with Crippen LogP contribution in [0.3, 0.4) is 0 Å². The van der Waals surface area contributed by atoms with Crippen LogP contribution in [-0.2, 0) is 7.05 Å². The van der Waals surface area contributed by atoms with Crippen molar-refractivity contribution in [2.75, 3.05) is 5.73 Å². The summed E-state index contributed by atoms with van der Waals surface area (Å²) in [5.74, 6) is -0.280. The SMILES string of the molecule is Cc1nn(C)c(C)c1-c1nn(-c2ccc(F)cc2)cc1N. The summed E-state index contributed by atoms with van der Waals surface area (Å²) in [5, 5.41) is 8.91. The average molecular weight is 285 g/mol. The van der Waals surface area contributed by atoms with Crippen LogP contribution in [-0.4, -0.2) is 19.6 Å². The molecule has 0 fully saturated rings. The molecular formula is C15H16FN5.